The molecule has 4 nitrogen and oxygen atoms in total. The first-order chi connectivity index (χ1) is 7.66. The zero-order valence-corrected chi connectivity index (χ0v) is 10.1. The van der Waals surface area contributed by atoms with Crippen LogP contribution in [0.15, 0.2) is 0 Å². The van der Waals surface area contributed by atoms with Crippen molar-refractivity contribution in [1.29, 1.82) is 0 Å². The molecule has 2 saturated heterocycles. The number of rotatable bonds is 2. The van der Waals surface area contributed by atoms with Crippen molar-refractivity contribution < 1.29 is 9.90 Å². The van der Waals surface area contributed by atoms with Crippen LogP contribution in [0.5, 0.6) is 0 Å². The molecule has 0 saturated carbocycles. The summed E-state index contributed by atoms with van der Waals surface area (Å²) in [7, 11) is 2.16. The normalized spacial score (nSPS) is 33.8. The minimum atomic E-state index is -0.617. The monoisotopic (exact) mass is 226 g/mol. The van der Waals surface area contributed by atoms with Crippen molar-refractivity contribution in [2.45, 2.75) is 31.7 Å². The molecule has 2 aliphatic heterocycles. The lowest BCUT2D eigenvalue weighted by molar-refractivity contribution is -0.144. The van der Waals surface area contributed by atoms with Crippen LogP contribution in [0.2, 0.25) is 0 Å². The fourth-order valence-electron chi connectivity index (χ4n) is 2.98. The van der Waals surface area contributed by atoms with Gasteiger partial charge in [0.1, 0.15) is 0 Å². The van der Waals surface area contributed by atoms with Crippen LogP contribution >= 0.6 is 0 Å². The van der Waals surface area contributed by atoms with Gasteiger partial charge < -0.3 is 10.0 Å². The number of likely N-dealkylation sites (N-methyl/N-ethyl adjacent to an activating group) is 1. The van der Waals surface area contributed by atoms with Crippen molar-refractivity contribution in [2.24, 2.45) is 5.92 Å². The molecule has 0 aromatic carbocycles. The van der Waals surface area contributed by atoms with Crippen LogP contribution in [0.1, 0.15) is 25.7 Å². The van der Waals surface area contributed by atoms with Gasteiger partial charge in [0.25, 0.3) is 0 Å². The van der Waals surface area contributed by atoms with E-state index in [-0.39, 0.29) is 5.92 Å². The van der Waals surface area contributed by atoms with E-state index in [4.69, 9.17) is 5.11 Å². The topological polar surface area (TPSA) is 43.8 Å². The Bertz CT molecular complexity index is 257. The molecule has 0 bridgehead atoms. The van der Waals surface area contributed by atoms with Gasteiger partial charge in [0.2, 0.25) is 0 Å². The summed E-state index contributed by atoms with van der Waals surface area (Å²) < 4.78 is 0. The van der Waals surface area contributed by atoms with Crippen LogP contribution in [0, 0.1) is 5.92 Å². The quantitative estimate of drug-likeness (QED) is 0.759. The van der Waals surface area contributed by atoms with Crippen molar-refractivity contribution in [3.8, 4) is 0 Å². The van der Waals surface area contributed by atoms with Crippen LogP contribution in [0.4, 0.5) is 0 Å². The molecule has 2 unspecified atom stereocenters. The van der Waals surface area contributed by atoms with Gasteiger partial charge in [-0.15, -0.1) is 0 Å². The summed E-state index contributed by atoms with van der Waals surface area (Å²) in [5.74, 6) is -0.755. The predicted octanol–water partition coefficient (Wildman–Crippen LogP) is 0.877. The van der Waals surface area contributed by atoms with Crippen molar-refractivity contribution in [3.05, 3.63) is 0 Å². The third-order valence-corrected chi connectivity index (χ3v) is 3.92. The van der Waals surface area contributed by atoms with Crippen LogP contribution < -0.4 is 0 Å². The van der Waals surface area contributed by atoms with Gasteiger partial charge in [-0.3, -0.25) is 9.69 Å². The Hall–Kier alpha value is -0.610. The molecule has 0 aromatic heterocycles. The van der Waals surface area contributed by atoms with E-state index in [2.05, 4.69) is 16.8 Å². The third-order valence-electron chi connectivity index (χ3n) is 3.92. The molecule has 2 heterocycles. The standard InChI is InChI=1S/C12H22N2O2/c1-13-6-3-5-11(9-13)14-7-2-4-10(8-14)12(15)16/h10-11H,2-9H2,1H3,(H,15,16). The number of nitrogens with zero attached hydrogens (tertiary/aromatic N) is 2. The highest BCUT2D eigenvalue weighted by Crippen LogP contribution is 2.22. The highest BCUT2D eigenvalue weighted by molar-refractivity contribution is 5.70. The summed E-state index contributed by atoms with van der Waals surface area (Å²) in [6.45, 7) is 4.13. The number of piperidine rings is 2. The Balaban J connectivity index is 1.90. The summed E-state index contributed by atoms with van der Waals surface area (Å²) in [4.78, 5) is 15.8. The molecule has 2 atom stereocenters. The van der Waals surface area contributed by atoms with Crippen LogP contribution in [0.3, 0.4) is 0 Å². The average Bonchev–Trinajstić information content (AvgIpc) is 2.29. The van der Waals surface area contributed by atoms with E-state index >= 15 is 0 Å². The van der Waals surface area contributed by atoms with E-state index in [0.717, 1.165) is 32.5 Å². The maximum atomic E-state index is 11.0. The number of carboxylic acids is 1. The highest BCUT2D eigenvalue weighted by atomic mass is 16.4. The lowest BCUT2D eigenvalue weighted by Gasteiger charge is -2.41. The van der Waals surface area contributed by atoms with Crippen LogP contribution in [0.25, 0.3) is 0 Å². The molecule has 0 radical (unpaired) electrons. The molecular formula is C12H22N2O2. The highest BCUT2D eigenvalue weighted by Gasteiger charge is 2.31. The molecule has 0 aromatic rings. The fourth-order valence-corrected chi connectivity index (χ4v) is 2.98. The Kier molecular flexibility index (Phi) is 3.82. The molecule has 1 N–H and O–H groups in total. The van der Waals surface area contributed by atoms with Crippen LogP contribution in [-0.4, -0.2) is 60.1 Å². The third kappa shape index (κ3) is 2.74. The second-order valence-corrected chi connectivity index (χ2v) is 5.23. The van der Waals surface area contributed by atoms with Gasteiger partial charge in [-0.2, -0.15) is 0 Å². The molecule has 2 fully saturated rings. The molecule has 2 aliphatic rings. The minimum Gasteiger partial charge on any atom is -0.481 e. The lowest BCUT2D eigenvalue weighted by atomic mass is 9.94. The lowest BCUT2D eigenvalue weighted by Crippen LogP contribution is -2.51. The summed E-state index contributed by atoms with van der Waals surface area (Å²) in [5, 5.41) is 9.07. The second-order valence-electron chi connectivity index (χ2n) is 5.23. The number of hydrogen-bond donors (Lipinski definition) is 1. The zero-order valence-electron chi connectivity index (χ0n) is 10.1. The summed E-state index contributed by atoms with van der Waals surface area (Å²) in [6, 6.07) is 0.584. The zero-order chi connectivity index (χ0) is 11.5. The van der Waals surface area contributed by atoms with Gasteiger partial charge in [-0.25, -0.2) is 0 Å². The Morgan fingerprint density at radius 1 is 1.19 bits per heavy atom. The number of carbonyl (C=O) groups is 1. The van der Waals surface area contributed by atoms with Gasteiger partial charge in [-0.1, -0.05) is 0 Å². The molecule has 92 valence electrons. The van der Waals surface area contributed by atoms with Gasteiger partial charge in [0.15, 0.2) is 0 Å². The molecule has 4 heteroatoms. The van der Waals surface area contributed by atoms with Gasteiger partial charge in [0.05, 0.1) is 5.92 Å². The molecule has 16 heavy (non-hydrogen) atoms. The fraction of sp³-hybridized carbons (Fsp3) is 0.917. The summed E-state index contributed by atoms with van der Waals surface area (Å²) in [6.07, 6.45) is 4.37. The van der Waals surface area contributed by atoms with E-state index < -0.39 is 5.97 Å². The molecule has 0 aliphatic carbocycles. The Labute approximate surface area is 97.2 Å². The summed E-state index contributed by atoms with van der Waals surface area (Å²) in [5.41, 5.74) is 0. The van der Waals surface area contributed by atoms with Gasteiger partial charge in [0, 0.05) is 19.1 Å². The van der Waals surface area contributed by atoms with E-state index in [0.29, 0.717) is 6.04 Å². The maximum absolute atomic E-state index is 11.0. The maximum Gasteiger partial charge on any atom is 0.307 e. The van der Waals surface area contributed by atoms with E-state index in [1.54, 1.807) is 0 Å². The van der Waals surface area contributed by atoms with Gasteiger partial charge >= 0.3 is 5.97 Å². The number of likely N-dealkylation sites (tertiary alicyclic amines) is 2. The Morgan fingerprint density at radius 2 is 1.94 bits per heavy atom. The minimum absolute atomic E-state index is 0.138. The number of aliphatic carboxylic acids is 1. The van der Waals surface area contributed by atoms with E-state index in [1.165, 1.54) is 19.4 Å². The molecule has 2 rings (SSSR count). The number of hydrogen-bond acceptors (Lipinski definition) is 3. The first-order valence-electron chi connectivity index (χ1n) is 6.32. The predicted molar refractivity (Wildman–Crippen MR) is 62.5 cm³/mol. The molecule has 0 spiro atoms. The largest absolute Gasteiger partial charge is 0.481 e. The molecular weight excluding hydrogens is 204 g/mol. The molecule has 0 amide bonds. The first-order valence-corrected chi connectivity index (χ1v) is 6.32. The first kappa shape index (κ1) is 11.9. The summed E-state index contributed by atoms with van der Waals surface area (Å²) >= 11 is 0. The SMILES string of the molecule is CN1CCCC(N2CCCC(C(=O)O)C2)C1. The van der Waals surface area contributed by atoms with Crippen LogP contribution in [-0.2, 0) is 4.79 Å². The Morgan fingerprint density at radius 3 is 2.62 bits per heavy atom. The van der Waals surface area contributed by atoms with Gasteiger partial charge in [-0.05, 0) is 45.8 Å². The van der Waals surface area contributed by atoms with Crippen molar-refractivity contribution in [2.75, 3.05) is 33.2 Å². The van der Waals surface area contributed by atoms with Crippen molar-refractivity contribution in [1.82, 2.24) is 9.80 Å². The van der Waals surface area contributed by atoms with E-state index in [1.807, 2.05) is 0 Å². The smallest absolute Gasteiger partial charge is 0.307 e. The average molecular weight is 226 g/mol. The number of carboxylic acid groups (broad SMARTS) is 1. The van der Waals surface area contributed by atoms with Crippen molar-refractivity contribution >= 4 is 5.97 Å². The second kappa shape index (κ2) is 5.15. The van der Waals surface area contributed by atoms with E-state index in [9.17, 15) is 4.79 Å². The van der Waals surface area contributed by atoms with Crippen molar-refractivity contribution in [3.63, 3.8) is 0 Å².